The molecule has 0 fully saturated rings. The summed E-state index contributed by atoms with van der Waals surface area (Å²) in [5.74, 6) is -0.382. The minimum atomic E-state index is -0.634. The van der Waals surface area contributed by atoms with Crippen molar-refractivity contribution in [1.82, 2.24) is 4.90 Å². The van der Waals surface area contributed by atoms with Crippen molar-refractivity contribution >= 4 is 12.0 Å². The first-order chi connectivity index (χ1) is 9.21. The Morgan fingerprint density at radius 1 is 1.15 bits per heavy atom. The van der Waals surface area contributed by atoms with E-state index in [1.165, 1.54) is 6.08 Å². The minimum absolute atomic E-state index is 0.198. The summed E-state index contributed by atoms with van der Waals surface area (Å²) in [6.07, 6.45) is 7.95. The molecule has 2 amide bonds. The van der Waals surface area contributed by atoms with Crippen molar-refractivity contribution < 1.29 is 14.3 Å². The molecule has 0 radical (unpaired) electrons. The van der Waals surface area contributed by atoms with Crippen molar-refractivity contribution in [3.05, 3.63) is 36.0 Å². The summed E-state index contributed by atoms with van der Waals surface area (Å²) >= 11 is 0. The van der Waals surface area contributed by atoms with E-state index in [0.29, 0.717) is 0 Å². The summed E-state index contributed by atoms with van der Waals surface area (Å²) in [7, 11) is 0. The third kappa shape index (κ3) is 7.56. The summed E-state index contributed by atoms with van der Waals surface area (Å²) in [6, 6.07) is 0. The maximum atomic E-state index is 12.1. The zero-order valence-corrected chi connectivity index (χ0v) is 13.3. The van der Waals surface area contributed by atoms with Crippen LogP contribution in [0.15, 0.2) is 36.0 Å². The molecule has 4 nitrogen and oxygen atoms in total. The van der Waals surface area contributed by atoms with E-state index >= 15 is 0 Å². The number of imide groups is 1. The van der Waals surface area contributed by atoms with Gasteiger partial charge in [-0.25, -0.2) is 9.69 Å². The van der Waals surface area contributed by atoms with Gasteiger partial charge in [0.2, 0.25) is 0 Å². The molecule has 0 N–H and O–H groups in total. The fourth-order valence-corrected chi connectivity index (χ4v) is 1.37. The summed E-state index contributed by atoms with van der Waals surface area (Å²) in [4.78, 5) is 25.3. The predicted octanol–water partition coefficient (Wildman–Crippen LogP) is 3.85. The van der Waals surface area contributed by atoms with Gasteiger partial charge in [-0.3, -0.25) is 4.79 Å². The highest BCUT2D eigenvalue weighted by Crippen LogP contribution is 2.11. The number of rotatable bonds is 4. The Kier molecular flexibility index (Phi) is 7.59. The van der Waals surface area contributed by atoms with Gasteiger partial charge in [-0.05, 0) is 47.1 Å². The molecule has 0 rings (SSSR count). The van der Waals surface area contributed by atoms with E-state index in [1.807, 2.05) is 19.9 Å². The highest BCUT2D eigenvalue weighted by Gasteiger charge is 2.25. The van der Waals surface area contributed by atoms with Gasteiger partial charge in [-0.2, -0.15) is 0 Å². The maximum Gasteiger partial charge on any atom is 0.417 e. The summed E-state index contributed by atoms with van der Waals surface area (Å²) in [5.41, 5.74) is 0.153. The summed E-state index contributed by atoms with van der Waals surface area (Å²) < 4.78 is 5.24. The quantitative estimate of drug-likeness (QED) is 0.446. The van der Waals surface area contributed by atoms with Crippen LogP contribution in [-0.2, 0) is 9.53 Å². The number of allylic oxidation sites excluding steroid dienone is 4. The molecule has 0 saturated carbocycles. The standard InChI is InChI=1S/C16H25NO3/c1-7-9-11-17(15(19)20-16(4,5)6)14(18)12-13(3)10-8-2/h7-10,12H,11H2,1-6H3/b9-7-,10-8+,13-12+. The first-order valence-corrected chi connectivity index (χ1v) is 6.68. The van der Waals surface area contributed by atoms with Crippen molar-refractivity contribution in [2.75, 3.05) is 6.54 Å². The molecule has 4 heteroatoms. The molecule has 0 heterocycles. The van der Waals surface area contributed by atoms with Crippen molar-refractivity contribution in [2.24, 2.45) is 0 Å². The summed E-state index contributed by atoms with van der Waals surface area (Å²) in [6.45, 7) is 11.0. The highest BCUT2D eigenvalue weighted by molar-refractivity contribution is 5.99. The van der Waals surface area contributed by atoms with Gasteiger partial charge in [0.05, 0.1) is 6.54 Å². The van der Waals surface area contributed by atoms with Gasteiger partial charge in [-0.1, -0.05) is 24.3 Å². The van der Waals surface area contributed by atoms with Crippen LogP contribution in [0.1, 0.15) is 41.5 Å². The van der Waals surface area contributed by atoms with E-state index < -0.39 is 11.7 Å². The highest BCUT2D eigenvalue weighted by atomic mass is 16.6. The number of amides is 2. The normalized spacial score (nSPS) is 13.0. The lowest BCUT2D eigenvalue weighted by atomic mass is 10.2. The van der Waals surface area contributed by atoms with Gasteiger partial charge in [0, 0.05) is 6.08 Å². The SMILES string of the molecule is C/C=C\CN(C(=O)/C=C(C)/C=C/C)C(=O)OC(C)(C)C. The average Bonchev–Trinajstić information content (AvgIpc) is 2.27. The van der Waals surface area contributed by atoms with Crippen LogP contribution in [0.5, 0.6) is 0 Å². The molecule has 0 aliphatic carbocycles. The van der Waals surface area contributed by atoms with Crippen LogP contribution >= 0.6 is 0 Å². The van der Waals surface area contributed by atoms with E-state index in [4.69, 9.17) is 4.74 Å². The molecule has 0 spiro atoms. The van der Waals surface area contributed by atoms with Crippen LogP contribution in [0.25, 0.3) is 0 Å². The average molecular weight is 279 g/mol. The second-order valence-corrected chi connectivity index (χ2v) is 5.39. The summed E-state index contributed by atoms with van der Waals surface area (Å²) in [5, 5.41) is 0. The molecule has 0 aliphatic heterocycles. The molecule has 0 aromatic rings. The van der Waals surface area contributed by atoms with Crippen LogP contribution in [-0.4, -0.2) is 29.0 Å². The van der Waals surface area contributed by atoms with Gasteiger partial charge in [0.25, 0.3) is 5.91 Å². The largest absolute Gasteiger partial charge is 0.443 e. The number of nitrogens with zero attached hydrogens (tertiary/aromatic N) is 1. The number of carbonyl (C=O) groups is 2. The Balaban J connectivity index is 5.10. The third-order valence-corrected chi connectivity index (χ3v) is 2.18. The van der Waals surface area contributed by atoms with E-state index in [0.717, 1.165) is 10.5 Å². The van der Waals surface area contributed by atoms with Crippen molar-refractivity contribution in [2.45, 2.75) is 47.1 Å². The Bertz CT molecular complexity index is 425. The molecule has 0 aliphatic rings. The smallest absolute Gasteiger partial charge is 0.417 e. The van der Waals surface area contributed by atoms with Gasteiger partial charge in [-0.15, -0.1) is 0 Å². The topological polar surface area (TPSA) is 46.6 Å². The number of ether oxygens (including phenoxy) is 1. The zero-order valence-electron chi connectivity index (χ0n) is 13.3. The number of carbonyl (C=O) groups excluding carboxylic acids is 2. The van der Waals surface area contributed by atoms with Crippen molar-refractivity contribution in [3.8, 4) is 0 Å². The van der Waals surface area contributed by atoms with Gasteiger partial charge in [0.15, 0.2) is 0 Å². The Morgan fingerprint density at radius 2 is 1.75 bits per heavy atom. The predicted molar refractivity (Wildman–Crippen MR) is 81.3 cm³/mol. The van der Waals surface area contributed by atoms with Gasteiger partial charge < -0.3 is 4.74 Å². The second kappa shape index (κ2) is 8.35. The molecular formula is C16H25NO3. The Labute approximate surface area is 121 Å². The van der Waals surface area contributed by atoms with E-state index in [-0.39, 0.29) is 12.5 Å². The molecular weight excluding hydrogens is 254 g/mol. The Morgan fingerprint density at radius 3 is 2.20 bits per heavy atom. The van der Waals surface area contributed by atoms with Crippen molar-refractivity contribution in [3.63, 3.8) is 0 Å². The van der Waals surface area contributed by atoms with Crippen LogP contribution in [0.3, 0.4) is 0 Å². The molecule has 20 heavy (non-hydrogen) atoms. The molecule has 0 bridgehead atoms. The first-order valence-electron chi connectivity index (χ1n) is 6.68. The number of hydrogen-bond acceptors (Lipinski definition) is 3. The van der Waals surface area contributed by atoms with Crippen LogP contribution in [0, 0.1) is 0 Å². The first kappa shape index (κ1) is 18.2. The van der Waals surface area contributed by atoms with E-state index in [1.54, 1.807) is 45.9 Å². The van der Waals surface area contributed by atoms with Gasteiger partial charge >= 0.3 is 6.09 Å². The van der Waals surface area contributed by atoms with Crippen molar-refractivity contribution in [1.29, 1.82) is 0 Å². The Hall–Kier alpha value is -1.84. The monoisotopic (exact) mass is 279 g/mol. The maximum absolute atomic E-state index is 12.1. The lowest BCUT2D eigenvalue weighted by Gasteiger charge is -2.24. The van der Waals surface area contributed by atoms with Crippen LogP contribution < -0.4 is 0 Å². The van der Waals surface area contributed by atoms with E-state index in [2.05, 4.69) is 0 Å². The fourth-order valence-electron chi connectivity index (χ4n) is 1.37. The van der Waals surface area contributed by atoms with Crippen LogP contribution in [0.2, 0.25) is 0 Å². The molecule has 0 aromatic carbocycles. The zero-order chi connectivity index (χ0) is 15.8. The molecule has 0 atom stereocenters. The van der Waals surface area contributed by atoms with Crippen LogP contribution in [0.4, 0.5) is 4.79 Å². The van der Waals surface area contributed by atoms with Gasteiger partial charge in [0.1, 0.15) is 5.60 Å². The molecule has 112 valence electrons. The third-order valence-electron chi connectivity index (χ3n) is 2.18. The molecule has 0 aromatic heterocycles. The lowest BCUT2D eigenvalue weighted by molar-refractivity contribution is -0.124. The second-order valence-electron chi connectivity index (χ2n) is 5.39. The molecule has 0 saturated heterocycles. The fraction of sp³-hybridized carbons (Fsp3) is 0.500. The lowest BCUT2D eigenvalue weighted by Crippen LogP contribution is -2.40. The number of hydrogen-bond donors (Lipinski definition) is 0. The minimum Gasteiger partial charge on any atom is -0.443 e. The molecule has 0 unspecified atom stereocenters. The van der Waals surface area contributed by atoms with E-state index in [9.17, 15) is 9.59 Å².